The second kappa shape index (κ2) is 20.1. The molecule has 4 heavy (non-hydrogen) atoms. The quantitative estimate of drug-likeness (QED) is 0.403. The van der Waals surface area contributed by atoms with Gasteiger partial charge in [-0.2, -0.15) is 9.90 Å². The van der Waals surface area contributed by atoms with Gasteiger partial charge in [-0.15, -0.1) is 0 Å². The van der Waals surface area contributed by atoms with Crippen molar-refractivity contribution < 1.29 is 51.2 Å². The molecule has 0 aromatic carbocycles. The minimum atomic E-state index is 0. The maximum Gasteiger partial charge on any atom is 0 e. The molecule has 0 nitrogen and oxygen atoms in total. The van der Waals surface area contributed by atoms with E-state index in [1.807, 2.05) is 0 Å². The first kappa shape index (κ1) is 37.7. The number of hydrogen-bond donors (Lipinski definition) is 0. The van der Waals surface area contributed by atoms with Gasteiger partial charge in [-0.3, -0.25) is 0 Å². The maximum absolute atomic E-state index is 0. The first-order valence-electron chi connectivity index (χ1n) is 0. The first-order valence-corrected chi connectivity index (χ1v) is 0. The van der Waals surface area contributed by atoms with E-state index < -0.39 is 0 Å². The zero-order chi connectivity index (χ0) is 0. The molecule has 41 valence electrons. The molecule has 0 saturated heterocycles. The van der Waals surface area contributed by atoms with Gasteiger partial charge in [-0.05, 0) is 0 Å². The molecule has 3 radical (unpaired) electrons. The monoisotopic (exact) mass is 223 g/mol. The van der Waals surface area contributed by atoms with Gasteiger partial charge in [0.1, 0.15) is 0 Å². The van der Waals surface area contributed by atoms with Gasteiger partial charge in [-0.25, -0.2) is 0 Å². The van der Waals surface area contributed by atoms with Crippen molar-refractivity contribution in [1.29, 1.82) is 0 Å². The summed E-state index contributed by atoms with van der Waals surface area (Å²) >= 11 is 0. The van der Waals surface area contributed by atoms with Crippen LogP contribution in [0.15, 0.2) is 0 Å². The van der Waals surface area contributed by atoms with Crippen molar-refractivity contribution in [3.8, 4) is 0 Å². The van der Waals surface area contributed by atoms with Crippen molar-refractivity contribution in [3.63, 3.8) is 0 Å². The molecular formula is H3Cu3P. The van der Waals surface area contributed by atoms with Crippen LogP contribution in [0.3, 0.4) is 0 Å². The molecule has 0 amide bonds. The van der Waals surface area contributed by atoms with Gasteiger partial charge in [-0.1, -0.05) is 0 Å². The van der Waals surface area contributed by atoms with E-state index in [2.05, 4.69) is 0 Å². The fourth-order valence-corrected chi connectivity index (χ4v) is 0. The van der Waals surface area contributed by atoms with E-state index in [1.165, 1.54) is 0 Å². The Morgan fingerprint density at radius 1 is 0.500 bits per heavy atom. The molecular weight excluding hydrogens is 222 g/mol. The van der Waals surface area contributed by atoms with E-state index >= 15 is 0 Å². The van der Waals surface area contributed by atoms with Gasteiger partial charge in [0.2, 0.25) is 0 Å². The van der Waals surface area contributed by atoms with Crippen LogP contribution in [-0.4, -0.2) is 0 Å². The predicted octanol–water partition coefficient (Wildman–Crippen LogP) is 0.0506. The first-order chi connectivity index (χ1) is 0. The molecule has 0 aliphatic rings. The van der Waals surface area contributed by atoms with Crippen LogP contribution in [-0.2, 0) is 51.2 Å². The second-order valence-electron chi connectivity index (χ2n) is 0. The van der Waals surface area contributed by atoms with Crippen molar-refractivity contribution in [3.05, 3.63) is 0 Å². The van der Waals surface area contributed by atoms with E-state index in [1.54, 1.807) is 0 Å². The van der Waals surface area contributed by atoms with Crippen LogP contribution < -0.4 is 0 Å². The Bertz CT molecular complexity index is 3.25. The van der Waals surface area contributed by atoms with Crippen LogP contribution in [0.25, 0.3) is 0 Å². The largest absolute Gasteiger partial charge is 0.153 e. The van der Waals surface area contributed by atoms with Gasteiger partial charge in [0.15, 0.2) is 0 Å². The van der Waals surface area contributed by atoms with Gasteiger partial charge in [0, 0.05) is 51.2 Å². The predicted molar refractivity (Wildman–Crippen MR) is 11.1 cm³/mol. The topological polar surface area (TPSA) is 0 Å². The molecule has 0 N–H and O–H groups in total. The van der Waals surface area contributed by atoms with Crippen LogP contribution in [0.2, 0.25) is 0 Å². The average Bonchev–Trinajstić information content (AvgIpc) is 0. The third-order valence-corrected chi connectivity index (χ3v) is 0. The molecule has 1 atom stereocenters. The summed E-state index contributed by atoms with van der Waals surface area (Å²) in [7, 11) is 0. The van der Waals surface area contributed by atoms with Gasteiger partial charge in [0.25, 0.3) is 0 Å². The Morgan fingerprint density at radius 3 is 0.500 bits per heavy atom. The third kappa shape index (κ3) is 9.01. The summed E-state index contributed by atoms with van der Waals surface area (Å²) in [4.78, 5) is 0. The molecule has 0 aliphatic heterocycles. The Balaban J connectivity index is 0. The standard InChI is InChI=1S/3Cu.H3P/h;;;1H3. The normalized spacial score (nSPS) is 0. The van der Waals surface area contributed by atoms with Gasteiger partial charge >= 0.3 is 0 Å². The summed E-state index contributed by atoms with van der Waals surface area (Å²) in [5.41, 5.74) is 0. The van der Waals surface area contributed by atoms with Crippen LogP contribution >= 0.6 is 9.90 Å². The molecule has 0 spiro atoms. The van der Waals surface area contributed by atoms with Crippen molar-refractivity contribution in [2.75, 3.05) is 0 Å². The molecule has 4 heteroatoms. The molecule has 0 fully saturated rings. The summed E-state index contributed by atoms with van der Waals surface area (Å²) in [6.45, 7) is 0. The molecule has 0 rings (SSSR count). The van der Waals surface area contributed by atoms with Crippen molar-refractivity contribution in [1.82, 2.24) is 0 Å². The molecule has 0 heterocycles. The fraction of sp³-hybridized carbons (Fsp3) is 0. The van der Waals surface area contributed by atoms with Crippen LogP contribution in [0.5, 0.6) is 0 Å². The van der Waals surface area contributed by atoms with Crippen molar-refractivity contribution >= 4 is 9.90 Å². The molecule has 0 bridgehead atoms. The van der Waals surface area contributed by atoms with E-state index in [-0.39, 0.29) is 61.1 Å². The van der Waals surface area contributed by atoms with Crippen molar-refractivity contribution in [2.24, 2.45) is 0 Å². The Morgan fingerprint density at radius 2 is 0.500 bits per heavy atom. The van der Waals surface area contributed by atoms with E-state index in [0.717, 1.165) is 0 Å². The van der Waals surface area contributed by atoms with Crippen LogP contribution in [0, 0.1) is 0 Å². The van der Waals surface area contributed by atoms with Crippen LogP contribution in [0.1, 0.15) is 0 Å². The molecule has 1 unspecified atom stereocenters. The molecule has 0 aromatic rings. The number of hydrogen-bond acceptors (Lipinski definition) is 0. The average molecular weight is 225 g/mol. The second-order valence-corrected chi connectivity index (χ2v) is 0. The molecule has 0 aliphatic carbocycles. The van der Waals surface area contributed by atoms with Crippen LogP contribution in [0.4, 0.5) is 0 Å². The minimum Gasteiger partial charge on any atom is -0.153 e. The van der Waals surface area contributed by atoms with Gasteiger partial charge < -0.3 is 0 Å². The number of rotatable bonds is 0. The Kier molecular flexibility index (Phi) is 189. The minimum absolute atomic E-state index is 0. The smallest absolute Gasteiger partial charge is 0 e. The zero-order valence-corrected chi connectivity index (χ0v) is 5.85. The summed E-state index contributed by atoms with van der Waals surface area (Å²) in [5, 5.41) is 0. The van der Waals surface area contributed by atoms with Crippen molar-refractivity contribution in [2.45, 2.75) is 0 Å². The zero-order valence-electron chi connectivity index (χ0n) is 1.61. The third-order valence-electron chi connectivity index (χ3n) is 0. The summed E-state index contributed by atoms with van der Waals surface area (Å²) in [6.07, 6.45) is 0. The summed E-state index contributed by atoms with van der Waals surface area (Å²) < 4.78 is 0. The van der Waals surface area contributed by atoms with Gasteiger partial charge in [0.05, 0.1) is 0 Å². The fourth-order valence-electron chi connectivity index (χ4n) is 0. The Hall–Kier alpha value is 1.99. The van der Waals surface area contributed by atoms with E-state index in [0.29, 0.717) is 0 Å². The molecule has 0 saturated carbocycles. The Labute approximate surface area is 60.9 Å². The van der Waals surface area contributed by atoms with E-state index in [9.17, 15) is 0 Å². The summed E-state index contributed by atoms with van der Waals surface area (Å²) in [6, 6.07) is 0. The summed E-state index contributed by atoms with van der Waals surface area (Å²) in [5.74, 6) is 0. The maximum atomic E-state index is 0. The SMILES string of the molecule is P.[Cu].[Cu].[Cu]. The molecule has 0 aromatic heterocycles. The van der Waals surface area contributed by atoms with E-state index in [4.69, 9.17) is 0 Å².